The van der Waals surface area contributed by atoms with Crippen molar-refractivity contribution >= 4 is 0 Å². The number of fused-ring (bicyclic) bond motifs is 1. The van der Waals surface area contributed by atoms with Crippen molar-refractivity contribution < 1.29 is 0 Å². The van der Waals surface area contributed by atoms with E-state index in [0.717, 1.165) is 23.7 Å². The van der Waals surface area contributed by atoms with Gasteiger partial charge in [0.1, 0.15) is 0 Å². The molecule has 2 fully saturated rings. The van der Waals surface area contributed by atoms with Crippen LogP contribution in [0.2, 0.25) is 0 Å². The summed E-state index contributed by atoms with van der Waals surface area (Å²) in [4.78, 5) is 0. The van der Waals surface area contributed by atoms with Crippen LogP contribution >= 0.6 is 0 Å². The van der Waals surface area contributed by atoms with E-state index in [0.29, 0.717) is 0 Å². The van der Waals surface area contributed by atoms with Crippen molar-refractivity contribution in [3.63, 3.8) is 0 Å². The Balaban J connectivity index is 2.14. The lowest BCUT2D eigenvalue weighted by Gasteiger charge is -2.30. The zero-order valence-corrected chi connectivity index (χ0v) is 9.05. The van der Waals surface area contributed by atoms with E-state index in [1.807, 2.05) is 0 Å². The first-order valence-corrected chi connectivity index (χ1v) is 5.91. The predicted molar refractivity (Wildman–Crippen MR) is 57.5 cm³/mol. The fourth-order valence-corrected chi connectivity index (χ4v) is 3.77. The maximum absolute atomic E-state index is 4.28. The average Bonchev–Trinajstić information content (AvgIpc) is 2.44. The van der Waals surface area contributed by atoms with Gasteiger partial charge in [-0.2, -0.15) is 0 Å². The highest BCUT2D eigenvalue weighted by Gasteiger charge is 2.41. The van der Waals surface area contributed by atoms with Crippen molar-refractivity contribution in [2.75, 3.05) is 0 Å². The highest BCUT2D eigenvalue weighted by Crippen LogP contribution is 2.51. The Morgan fingerprint density at radius 2 is 2.23 bits per heavy atom. The minimum atomic E-state index is 0.888. The number of rotatable bonds is 1. The van der Waals surface area contributed by atoms with Gasteiger partial charge in [0, 0.05) is 0 Å². The van der Waals surface area contributed by atoms with Crippen LogP contribution in [0.5, 0.6) is 0 Å². The van der Waals surface area contributed by atoms with Crippen LogP contribution in [0.15, 0.2) is 12.2 Å². The summed E-state index contributed by atoms with van der Waals surface area (Å²) in [5.74, 6) is 3.80. The summed E-state index contributed by atoms with van der Waals surface area (Å²) in [5.41, 5.74) is 1.57. The van der Waals surface area contributed by atoms with Gasteiger partial charge in [-0.15, -0.1) is 0 Å². The van der Waals surface area contributed by atoms with Crippen LogP contribution in [0, 0.1) is 23.7 Å². The summed E-state index contributed by atoms with van der Waals surface area (Å²) in [6.45, 7) is 9.08. The lowest BCUT2D eigenvalue weighted by Crippen LogP contribution is -2.20. The van der Waals surface area contributed by atoms with Crippen LogP contribution in [0.25, 0.3) is 0 Å². The fraction of sp³-hybridized carbons (Fsp3) is 0.846. The van der Waals surface area contributed by atoms with Gasteiger partial charge in [-0.05, 0) is 49.4 Å². The molecule has 0 aromatic heterocycles. The molecule has 0 nitrogen and oxygen atoms in total. The summed E-state index contributed by atoms with van der Waals surface area (Å²) in [6, 6.07) is 0. The molecule has 0 aliphatic heterocycles. The molecule has 0 aromatic carbocycles. The Morgan fingerprint density at radius 3 is 2.85 bits per heavy atom. The number of hydrogen-bond donors (Lipinski definition) is 0. The van der Waals surface area contributed by atoms with Gasteiger partial charge in [-0.1, -0.05) is 32.4 Å². The first kappa shape index (κ1) is 9.30. The molecule has 4 atom stereocenters. The molecule has 4 unspecified atom stereocenters. The van der Waals surface area contributed by atoms with E-state index in [2.05, 4.69) is 20.4 Å². The molecule has 0 bridgehead atoms. The summed E-state index contributed by atoms with van der Waals surface area (Å²) in [6.07, 6.45) is 7.05. The van der Waals surface area contributed by atoms with E-state index >= 15 is 0 Å². The minimum absolute atomic E-state index is 0.888. The molecule has 2 rings (SSSR count). The first-order chi connectivity index (χ1) is 6.24. The Labute approximate surface area is 82.4 Å². The van der Waals surface area contributed by atoms with Gasteiger partial charge in [0.2, 0.25) is 0 Å². The van der Waals surface area contributed by atoms with E-state index in [1.165, 1.54) is 32.1 Å². The highest BCUT2D eigenvalue weighted by atomic mass is 14.5. The standard InChI is InChI=1S/C13H22/c1-4-11-8-12-7-5-6-9(2)13(12)10(11)3/h10-13H,2,4-8H2,1,3H3. The van der Waals surface area contributed by atoms with Crippen molar-refractivity contribution in [1.29, 1.82) is 0 Å². The molecular weight excluding hydrogens is 156 g/mol. The summed E-state index contributed by atoms with van der Waals surface area (Å²) in [5, 5.41) is 0. The van der Waals surface area contributed by atoms with Crippen LogP contribution in [-0.4, -0.2) is 0 Å². The zero-order valence-electron chi connectivity index (χ0n) is 9.05. The van der Waals surface area contributed by atoms with Gasteiger partial charge in [0.25, 0.3) is 0 Å². The second-order valence-corrected chi connectivity index (χ2v) is 5.10. The maximum atomic E-state index is 4.28. The minimum Gasteiger partial charge on any atom is -0.0996 e. The predicted octanol–water partition coefficient (Wildman–Crippen LogP) is 4.02. The average molecular weight is 178 g/mol. The molecule has 0 N–H and O–H groups in total. The van der Waals surface area contributed by atoms with E-state index in [-0.39, 0.29) is 0 Å². The Morgan fingerprint density at radius 1 is 1.46 bits per heavy atom. The summed E-state index contributed by atoms with van der Waals surface area (Å²) >= 11 is 0. The van der Waals surface area contributed by atoms with Crippen molar-refractivity contribution in [3.05, 3.63) is 12.2 Å². The topological polar surface area (TPSA) is 0 Å². The molecule has 2 saturated carbocycles. The van der Waals surface area contributed by atoms with Crippen molar-refractivity contribution in [3.8, 4) is 0 Å². The maximum Gasteiger partial charge on any atom is -0.0149 e. The van der Waals surface area contributed by atoms with Crippen molar-refractivity contribution in [1.82, 2.24) is 0 Å². The van der Waals surface area contributed by atoms with Crippen LogP contribution < -0.4 is 0 Å². The third-order valence-corrected chi connectivity index (χ3v) is 4.49. The normalized spacial score (nSPS) is 44.9. The molecule has 2 aliphatic carbocycles. The molecule has 0 heteroatoms. The molecule has 0 spiro atoms. The van der Waals surface area contributed by atoms with Gasteiger partial charge in [0.15, 0.2) is 0 Å². The van der Waals surface area contributed by atoms with Crippen LogP contribution in [0.1, 0.15) is 46.0 Å². The summed E-state index contributed by atoms with van der Waals surface area (Å²) < 4.78 is 0. The molecular formula is C13H22. The quantitative estimate of drug-likeness (QED) is 0.532. The van der Waals surface area contributed by atoms with Crippen LogP contribution in [0.3, 0.4) is 0 Å². The molecule has 0 aromatic rings. The third-order valence-electron chi connectivity index (χ3n) is 4.49. The van der Waals surface area contributed by atoms with Gasteiger partial charge in [0.05, 0.1) is 0 Å². The van der Waals surface area contributed by atoms with Gasteiger partial charge < -0.3 is 0 Å². The Bertz CT molecular complexity index is 202. The van der Waals surface area contributed by atoms with Crippen LogP contribution in [-0.2, 0) is 0 Å². The smallest absolute Gasteiger partial charge is 0.0149 e. The SMILES string of the molecule is C=C1CCCC2CC(CC)C(C)C12. The van der Waals surface area contributed by atoms with Gasteiger partial charge >= 0.3 is 0 Å². The van der Waals surface area contributed by atoms with Gasteiger partial charge in [-0.3, -0.25) is 0 Å². The Hall–Kier alpha value is -0.260. The molecule has 0 amide bonds. The Kier molecular flexibility index (Phi) is 2.49. The molecule has 74 valence electrons. The molecule has 0 heterocycles. The largest absolute Gasteiger partial charge is 0.0996 e. The number of hydrogen-bond acceptors (Lipinski definition) is 0. The molecule has 0 saturated heterocycles. The second kappa shape index (κ2) is 3.48. The van der Waals surface area contributed by atoms with E-state index in [1.54, 1.807) is 5.57 Å². The highest BCUT2D eigenvalue weighted by molar-refractivity contribution is 5.11. The number of allylic oxidation sites excluding steroid dienone is 1. The monoisotopic (exact) mass is 178 g/mol. The fourth-order valence-electron chi connectivity index (χ4n) is 3.77. The van der Waals surface area contributed by atoms with Gasteiger partial charge in [-0.25, -0.2) is 0 Å². The second-order valence-electron chi connectivity index (χ2n) is 5.10. The van der Waals surface area contributed by atoms with Crippen molar-refractivity contribution in [2.24, 2.45) is 23.7 Å². The van der Waals surface area contributed by atoms with E-state index in [9.17, 15) is 0 Å². The van der Waals surface area contributed by atoms with Crippen molar-refractivity contribution in [2.45, 2.75) is 46.0 Å². The van der Waals surface area contributed by atoms with E-state index in [4.69, 9.17) is 0 Å². The lowest BCUT2D eigenvalue weighted by molar-refractivity contribution is 0.300. The molecule has 0 radical (unpaired) electrons. The molecule has 2 aliphatic rings. The first-order valence-electron chi connectivity index (χ1n) is 5.91. The zero-order chi connectivity index (χ0) is 9.42. The lowest BCUT2D eigenvalue weighted by atomic mass is 9.75. The van der Waals surface area contributed by atoms with Crippen LogP contribution in [0.4, 0.5) is 0 Å². The summed E-state index contributed by atoms with van der Waals surface area (Å²) in [7, 11) is 0. The third kappa shape index (κ3) is 1.45. The molecule has 13 heavy (non-hydrogen) atoms. The van der Waals surface area contributed by atoms with E-state index < -0.39 is 0 Å².